The minimum absolute atomic E-state index is 0.0159. The molecule has 9 aliphatic rings. The number of furan rings is 2. The number of ketones is 10. The van der Waals surface area contributed by atoms with Crippen LogP contribution in [0, 0.1) is 39.0 Å². The van der Waals surface area contributed by atoms with Crippen LogP contribution in [0.4, 0.5) is 0 Å². The molecule has 0 saturated heterocycles. The summed E-state index contributed by atoms with van der Waals surface area (Å²) in [6, 6.07) is 35.8. The van der Waals surface area contributed by atoms with E-state index in [1.54, 1.807) is 50.4 Å². The van der Waals surface area contributed by atoms with Crippen LogP contribution < -0.4 is 4.74 Å². The van der Waals surface area contributed by atoms with Gasteiger partial charge in [0.05, 0.1) is 54.1 Å². The number of hydrogen-bond acceptors (Lipinski definition) is 16. The Kier molecular flexibility index (Phi) is 16.1. The summed E-state index contributed by atoms with van der Waals surface area (Å²) in [6.07, 6.45) is 6.53. The van der Waals surface area contributed by atoms with Gasteiger partial charge in [0.25, 0.3) is 0 Å². The minimum atomic E-state index is -0.509. The van der Waals surface area contributed by atoms with Crippen LogP contribution in [-0.4, -0.2) is 83.3 Å². The van der Waals surface area contributed by atoms with Crippen LogP contribution >= 0.6 is 0 Å². The van der Waals surface area contributed by atoms with Crippen LogP contribution in [0.25, 0.3) is 61.5 Å². The average Bonchev–Trinajstić information content (AvgIpc) is 1.45. The van der Waals surface area contributed by atoms with Gasteiger partial charge >= 0.3 is 0 Å². The van der Waals surface area contributed by atoms with Crippen molar-refractivity contribution in [2.45, 2.75) is 126 Å². The summed E-state index contributed by atoms with van der Waals surface area (Å²) in [4.78, 5) is 124. The number of rotatable bonds is 1. The SMILES string of the molecule is CC1(C)OC2=C(C(=O)C(=O)c3ccccc32)C1(C)C.COc1cccc2c1C(=O)C(=O)C1=C2O[C@H](C)C1.Cc1cccc2c3c(ccc12)C1=C(C(=O)C3=O)C(C)CO1.Cc1coc2c1C(=O)C(=O)c1c-2ccc2c(C)cccc12.Cc1coc2c1C(=O)C(=O)c1c-2ccc2c1CCCC2(C)C. The molecule has 0 radical (unpaired) electrons. The molecular weight excluding hydrogens is 1280 g/mol. The van der Waals surface area contributed by atoms with Crippen molar-refractivity contribution in [2.75, 3.05) is 13.7 Å². The predicted octanol–water partition coefficient (Wildman–Crippen LogP) is 16.6. The van der Waals surface area contributed by atoms with Crippen LogP contribution in [-0.2, 0) is 40.4 Å². The highest BCUT2D eigenvalue weighted by molar-refractivity contribution is 6.56. The molecule has 0 fully saturated rings. The molecule has 0 bridgehead atoms. The molecule has 7 aromatic carbocycles. The highest BCUT2D eigenvalue weighted by Crippen LogP contribution is 2.55. The Morgan fingerprint density at radius 2 is 0.960 bits per heavy atom. The molecule has 16 heteroatoms. The Labute approximate surface area is 582 Å². The van der Waals surface area contributed by atoms with Gasteiger partial charge in [-0.2, -0.15) is 0 Å². The maximum absolute atomic E-state index is 12.7. The summed E-state index contributed by atoms with van der Waals surface area (Å²) < 4.78 is 33.7. The Morgan fingerprint density at radius 1 is 0.446 bits per heavy atom. The summed E-state index contributed by atoms with van der Waals surface area (Å²) in [5.41, 5.74) is 13.3. The van der Waals surface area contributed by atoms with Crippen LogP contribution in [0.3, 0.4) is 0 Å². The number of fused-ring (bicyclic) bond motifs is 18. The number of aryl methyl sites for hydroxylation is 4. The average molecular weight is 1350 g/mol. The van der Waals surface area contributed by atoms with Crippen molar-refractivity contribution < 1.29 is 75.7 Å². The van der Waals surface area contributed by atoms with Gasteiger partial charge in [-0.1, -0.05) is 132 Å². The Morgan fingerprint density at radius 3 is 1.58 bits per heavy atom. The zero-order valence-corrected chi connectivity index (χ0v) is 58.3. The molecule has 5 heterocycles. The minimum Gasteiger partial charge on any atom is -0.496 e. The molecule has 0 N–H and O–H groups in total. The van der Waals surface area contributed by atoms with E-state index in [0.717, 1.165) is 79.8 Å². The van der Waals surface area contributed by atoms with Crippen molar-refractivity contribution in [3.63, 3.8) is 0 Å². The summed E-state index contributed by atoms with van der Waals surface area (Å²) in [5.74, 6) is -1.16. The fraction of sp³-hybridized carbons (Fsp3) is 0.271. The van der Waals surface area contributed by atoms with Gasteiger partial charge in [-0.05, 0) is 146 Å². The molecule has 9 aromatic rings. The molecule has 1 unspecified atom stereocenters. The van der Waals surface area contributed by atoms with Gasteiger partial charge in [0.2, 0.25) is 57.8 Å². The first-order chi connectivity index (χ1) is 48.0. The quantitative estimate of drug-likeness (QED) is 0.139. The van der Waals surface area contributed by atoms with Gasteiger partial charge in [-0.15, -0.1) is 0 Å². The normalized spacial score (nSPS) is 19.3. The third-order valence-electron chi connectivity index (χ3n) is 21.6. The van der Waals surface area contributed by atoms with E-state index in [2.05, 4.69) is 19.9 Å². The van der Waals surface area contributed by atoms with Gasteiger partial charge < -0.3 is 27.8 Å². The van der Waals surface area contributed by atoms with Crippen molar-refractivity contribution in [3.8, 4) is 28.4 Å². The summed E-state index contributed by atoms with van der Waals surface area (Å²) in [6.45, 7) is 24.1. The second kappa shape index (κ2) is 24.3. The van der Waals surface area contributed by atoms with E-state index in [4.69, 9.17) is 27.8 Å². The van der Waals surface area contributed by atoms with E-state index in [-0.39, 0.29) is 23.2 Å². The number of ether oxygens (including phenoxy) is 4. The number of carbonyl (C=O) groups excluding carboxylic acids is 10. The summed E-state index contributed by atoms with van der Waals surface area (Å²) in [7, 11) is 1.48. The number of benzene rings is 7. The highest BCUT2D eigenvalue weighted by Gasteiger charge is 2.56. The van der Waals surface area contributed by atoms with E-state index >= 15 is 0 Å². The Bertz CT molecular complexity index is 5430. The monoisotopic (exact) mass is 1350 g/mol. The lowest BCUT2D eigenvalue weighted by Gasteiger charge is -2.34. The summed E-state index contributed by atoms with van der Waals surface area (Å²) >= 11 is 0. The number of methoxy groups -OCH3 is 1. The molecule has 2 aromatic heterocycles. The fourth-order valence-corrected chi connectivity index (χ4v) is 15.6. The lowest BCUT2D eigenvalue weighted by Crippen LogP contribution is -2.40. The van der Waals surface area contributed by atoms with Crippen molar-refractivity contribution in [3.05, 3.63) is 234 Å². The fourth-order valence-electron chi connectivity index (χ4n) is 15.6. The number of Topliss-reactive ketones (excluding diaryl/α,β-unsaturated/α-hetero) is 10. The van der Waals surface area contributed by atoms with E-state index in [1.165, 1.54) is 18.9 Å². The molecule has 3 aliphatic heterocycles. The van der Waals surface area contributed by atoms with Crippen molar-refractivity contribution >= 4 is 96.7 Å². The third-order valence-corrected chi connectivity index (χ3v) is 21.6. The molecule has 18 rings (SSSR count). The molecule has 508 valence electrons. The number of hydrogen-bond donors (Lipinski definition) is 0. The molecule has 6 aliphatic carbocycles. The van der Waals surface area contributed by atoms with Crippen LogP contribution in [0.15, 0.2) is 153 Å². The maximum atomic E-state index is 12.7. The second-order valence-electron chi connectivity index (χ2n) is 28.9. The topological polar surface area (TPSA) is 234 Å². The molecule has 0 amide bonds. The zero-order valence-electron chi connectivity index (χ0n) is 58.3. The lowest BCUT2D eigenvalue weighted by atomic mass is 9.69. The van der Waals surface area contributed by atoms with Crippen molar-refractivity contribution in [1.82, 2.24) is 0 Å². The zero-order chi connectivity index (χ0) is 72.0. The van der Waals surface area contributed by atoms with Gasteiger partial charge in [0, 0.05) is 73.4 Å². The largest absolute Gasteiger partial charge is 0.496 e. The Hall–Kier alpha value is -11.3. The maximum Gasteiger partial charge on any atom is 0.237 e. The molecule has 101 heavy (non-hydrogen) atoms. The first-order valence-electron chi connectivity index (χ1n) is 33.8. The van der Waals surface area contributed by atoms with Crippen LogP contribution in [0.2, 0.25) is 0 Å². The van der Waals surface area contributed by atoms with E-state index < -0.39 is 63.1 Å². The second-order valence-corrected chi connectivity index (χ2v) is 28.9. The van der Waals surface area contributed by atoms with E-state index in [9.17, 15) is 47.9 Å². The molecule has 0 saturated carbocycles. The third kappa shape index (κ3) is 10.3. The van der Waals surface area contributed by atoms with Crippen molar-refractivity contribution in [2.24, 2.45) is 11.3 Å². The molecule has 16 nitrogen and oxygen atoms in total. The van der Waals surface area contributed by atoms with Crippen LogP contribution in [0.1, 0.15) is 197 Å². The van der Waals surface area contributed by atoms with Gasteiger partial charge in [0.15, 0.2) is 0 Å². The van der Waals surface area contributed by atoms with Crippen molar-refractivity contribution in [1.29, 1.82) is 0 Å². The van der Waals surface area contributed by atoms with Gasteiger partial charge in [-0.25, -0.2) is 0 Å². The standard InChI is InChI=1S/C19H18O3.C18H14O3.C18H12O3.C16H16O3.C14H12O4/c1-10-9-22-18-12-6-7-13-11(5-4-8-19(13,2)3)15(12)17(21)16(20)14(10)18;2*1-9-4-3-5-12-11(9)6-7-13-15(12)17(20)16(19)14-10(2)8-21-18(13)14;1-15(2)11-13(18)12(17)9-7-5-6-8-10(9)14(11)19-16(15,3)4;1-7-6-9-12(15)13(16)11-8(14(9)18-7)4-3-5-10(11)17-2/h6-7,9H,4-5,8H2,1-3H3;3-7,10H,8H2,1-2H3;3-8H,1-2H3;5-8H,1-4H3;3-5,7H,6H2,1-2H3/t;;;;7-/m....1/s1. The van der Waals surface area contributed by atoms with Gasteiger partial charge in [0.1, 0.15) is 46.3 Å². The predicted molar refractivity (Wildman–Crippen MR) is 379 cm³/mol. The van der Waals surface area contributed by atoms with Crippen LogP contribution in [0.5, 0.6) is 5.75 Å². The number of carbonyl (C=O) groups is 10. The summed E-state index contributed by atoms with van der Waals surface area (Å²) in [5, 5.41) is 3.64. The highest BCUT2D eigenvalue weighted by atomic mass is 16.5. The van der Waals surface area contributed by atoms with E-state index in [1.807, 2.05) is 134 Å². The smallest absolute Gasteiger partial charge is 0.237 e. The molecular formula is C85H72O16. The first-order valence-corrected chi connectivity index (χ1v) is 33.8. The Balaban J connectivity index is 0.000000107. The lowest BCUT2D eigenvalue weighted by molar-refractivity contribution is -0.113. The van der Waals surface area contributed by atoms with Gasteiger partial charge in [-0.3, -0.25) is 47.9 Å². The first kappa shape index (κ1) is 66.9. The molecule has 0 spiro atoms. The van der Waals surface area contributed by atoms with E-state index in [0.29, 0.717) is 120 Å². The molecule has 2 atom stereocenters.